The maximum Gasteiger partial charge on any atom is 0.231 e. The highest BCUT2D eigenvalue weighted by Gasteiger charge is 2.06. The van der Waals surface area contributed by atoms with Gasteiger partial charge >= 0.3 is 0 Å². The first-order valence-corrected chi connectivity index (χ1v) is 6.81. The Morgan fingerprint density at radius 1 is 1.05 bits per heavy atom. The molecule has 108 valence electrons. The highest BCUT2D eigenvalue weighted by Crippen LogP contribution is 2.20. The average Bonchev–Trinajstić information content (AvgIpc) is 2.91. The minimum atomic E-state index is 0.481. The lowest BCUT2D eigenvalue weighted by Gasteiger charge is -2.03. The molecule has 0 saturated heterocycles. The number of imidazole rings is 1. The van der Waals surface area contributed by atoms with Crippen LogP contribution in [-0.2, 0) is 4.74 Å². The molecule has 2 heterocycles. The lowest BCUT2D eigenvalue weighted by atomic mass is 10.1. The maximum absolute atomic E-state index is 5.50. The monoisotopic (exact) mass is 283 g/mol. The molecule has 21 heavy (non-hydrogen) atoms. The Bertz CT molecular complexity index is 735. The Balaban J connectivity index is 1.87. The van der Waals surface area contributed by atoms with Gasteiger partial charge in [0, 0.05) is 18.7 Å². The predicted molar refractivity (Wildman–Crippen MR) is 80.5 cm³/mol. The molecule has 5 heteroatoms. The molecule has 0 atom stereocenters. The molecule has 0 N–H and O–H groups in total. The van der Waals surface area contributed by atoms with E-state index in [9.17, 15) is 0 Å². The molecule has 3 aromatic rings. The zero-order chi connectivity index (χ0) is 14.7. The Kier molecular flexibility index (Phi) is 3.83. The summed E-state index contributed by atoms with van der Waals surface area (Å²) in [5.74, 6) is 0.562. The van der Waals surface area contributed by atoms with Crippen molar-refractivity contribution in [3.05, 3.63) is 48.2 Å². The van der Waals surface area contributed by atoms with Gasteiger partial charge in [-0.1, -0.05) is 29.8 Å². The van der Waals surface area contributed by atoms with Crippen molar-refractivity contribution in [3.8, 4) is 17.1 Å². The third kappa shape index (κ3) is 3.03. The number of ether oxygens (including phenoxy) is 2. The van der Waals surface area contributed by atoms with E-state index in [4.69, 9.17) is 9.47 Å². The lowest BCUT2D eigenvalue weighted by Crippen LogP contribution is -2.06. The van der Waals surface area contributed by atoms with Crippen LogP contribution in [0.5, 0.6) is 5.88 Å². The van der Waals surface area contributed by atoms with E-state index in [2.05, 4.69) is 41.3 Å². The number of fused-ring (bicyclic) bond motifs is 1. The lowest BCUT2D eigenvalue weighted by molar-refractivity contribution is 0.143. The highest BCUT2D eigenvalue weighted by molar-refractivity contribution is 5.62. The van der Waals surface area contributed by atoms with Crippen LogP contribution in [0.25, 0.3) is 16.9 Å². The second-order valence-corrected chi connectivity index (χ2v) is 4.81. The van der Waals surface area contributed by atoms with E-state index in [1.165, 1.54) is 5.56 Å². The third-order valence-corrected chi connectivity index (χ3v) is 3.18. The topological polar surface area (TPSA) is 48.7 Å². The van der Waals surface area contributed by atoms with Gasteiger partial charge in [0.1, 0.15) is 6.61 Å². The fourth-order valence-corrected chi connectivity index (χ4v) is 2.03. The van der Waals surface area contributed by atoms with Crippen molar-refractivity contribution in [2.24, 2.45) is 0 Å². The molecule has 3 rings (SSSR count). The van der Waals surface area contributed by atoms with Crippen LogP contribution >= 0.6 is 0 Å². The van der Waals surface area contributed by atoms with Gasteiger partial charge in [-0.25, -0.2) is 9.50 Å². The van der Waals surface area contributed by atoms with Gasteiger partial charge in [0.15, 0.2) is 5.65 Å². The van der Waals surface area contributed by atoms with Gasteiger partial charge in [-0.2, -0.15) is 0 Å². The minimum Gasteiger partial charge on any atom is -0.474 e. The quantitative estimate of drug-likeness (QED) is 0.676. The van der Waals surface area contributed by atoms with Crippen molar-refractivity contribution < 1.29 is 9.47 Å². The zero-order valence-corrected chi connectivity index (χ0v) is 12.1. The van der Waals surface area contributed by atoms with Gasteiger partial charge in [0.2, 0.25) is 5.88 Å². The standard InChI is InChI=1S/C16H17N3O2/c1-12-3-5-13(6-4-12)14-11-19-15(17-14)7-8-16(18-19)21-10-9-20-2/h3-8,11H,9-10H2,1-2H3. The molecule has 0 aliphatic heterocycles. The number of nitrogens with zero attached hydrogens (tertiary/aromatic N) is 3. The Morgan fingerprint density at radius 2 is 1.86 bits per heavy atom. The van der Waals surface area contributed by atoms with Crippen LogP contribution < -0.4 is 4.74 Å². The van der Waals surface area contributed by atoms with Gasteiger partial charge in [0.25, 0.3) is 0 Å². The molecule has 0 bridgehead atoms. The normalized spacial score (nSPS) is 11.0. The number of hydrogen-bond donors (Lipinski definition) is 0. The fourth-order valence-electron chi connectivity index (χ4n) is 2.03. The maximum atomic E-state index is 5.50. The Labute approximate surface area is 123 Å². The van der Waals surface area contributed by atoms with Crippen LogP contribution in [0.1, 0.15) is 5.56 Å². The van der Waals surface area contributed by atoms with Crippen LogP contribution in [-0.4, -0.2) is 34.9 Å². The van der Waals surface area contributed by atoms with Crippen LogP contribution in [0.4, 0.5) is 0 Å². The molecule has 0 radical (unpaired) electrons. The fraction of sp³-hybridized carbons (Fsp3) is 0.250. The molecule has 2 aromatic heterocycles. The molecule has 0 aliphatic rings. The minimum absolute atomic E-state index is 0.481. The van der Waals surface area contributed by atoms with Gasteiger partial charge in [-0.3, -0.25) is 0 Å². The average molecular weight is 283 g/mol. The first-order valence-electron chi connectivity index (χ1n) is 6.81. The zero-order valence-electron chi connectivity index (χ0n) is 12.1. The Morgan fingerprint density at radius 3 is 2.62 bits per heavy atom. The molecule has 0 fully saturated rings. The highest BCUT2D eigenvalue weighted by atomic mass is 16.5. The van der Waals surface area contributed by atoms with Crippen molar-refractivity contribution in [1.82, 2.24) is 14.6 Å². The van der Waals surface area contributed by atoms with Gasteiger partial charge in [0.05, 0.1) is 18.5 Å². The van der Waals surface area contributed by atoms with Crippen LogP contribution in [0.3, 0.4) is 0 Å². The Hall–Kier alpha value is -2.40. The summed E-state index contributed by atoms with van der Waals surface area (Å²) in [6.45, 7) is 3.09. The summed E-state index contributed by atoms with van der Waals surface area (Å²) >= 11 is 0. The third-order valence-electron chi connectivity index (χ3n) is 3.18. The van der Waals surface area contributed by atoms with Crippen LogP contribution in [0, 0.1) is 6.92 Å². The number of rotatable bonds is 5. The molecular formula is C16H17N3O2. The summed E-state index contributed by atoms with van der Waals surface area (Å²) in [6, 6.07) is 12.0. The summed E-state index contributed by atoms with van der Waals surface area (Å²) in [7, 11) is 1.64. The van der Waals surface area contributed by atoms with Crippen molar-refractivity contribution >= 4 is 5.65 Å². The van der Waals surface area contributed by atoms with E-state index in [0.717, 1.165) is 16.9 Å². The van der Waals surface area contributed by atoms with E-state index in [1.807, 2.05) is 18.3 Å². The number of methoxy groups -OCH3 is 1. The van der Waals surface area contributed by atoms with E-state index in [-0.39, 0.29) is 0 Å². The molecule has 0 amide bonds. The van der Waals surface area contributed by atoms with E-state index < -0.39 is 0 Å². The number of aromatic nitrogens is 3. The molecule has 0 unspecified atom stereocenters. The SMILES string of the molecule is COCCOc1ccc2nc(-c3ccc(C)cc3)cn2n1. The first kappa shape index (κ1) is 13.6. The molecule has 1 aromatic carbocycles. The van der Waals surface area contributed by atoms with Crippen molar-refractivity contribution in [2.45, 2.75) is 6.92 Å². The summed E-state index contributed by atoms with van der Waals surface area (Å²) in [5, 5.41) is 4.39. The van der Waals surface area contributed by atoms with Crippen molar-refractivity contribution in [1.29, 1.82) is 0 Å². The van der Waals surface area contributed by atoms with Gasteiger partial charge in [-0.15, -0.1) is 5.10 Å². The molecule has 0 aliphatic carbocycles. The smallest absolute Gasteiger partial charge is 0.231 e. The van der Waals surface area contributed by atoms with E-state index >= 15 is 0 Å². The van der Waals surface area contributed by atoms with Crippen molar-refractivity contribution in [2.75, 3.05) is 20.3 Å². The largest absolute Gasteiger partial charge is 0.474 e. The first-order chi connectivity index (χ1) is 10.3. The summed E-state index contributed by atoms with van der Waals surface area (Å²) in [4.78, 5) is 4.57. The van der Waals surface area contributed by atoms with Crippen molar-refractivity contribution in [3.63, 3.8) is 0 Å². The molecule has 0 saturated carbocycles. The molecule has 5 nitrogen and oxygen atoms in total. The number of benzene rings is 1. The molecular weight excluding hydrogens is 266 g/mol. The summed E-state index contributed by atoms with van der Waals surface area (Å²) < 4.78 is 12.2. The van der Waals surface area contributed by atoms with E-state index in [0.29, 0.717) is 19.1 Å². The van der Waals surface area contributed by atoms with Gasteiger partial charge < -0.3 is 9.47 Å². The van der Waals surface area contributed by atoms with Crippen LogP contribution in [0.15, 0.2) is 42.6 Å². The van der Waals surface area contributed by atoms with Crippen LogP contribution in [0.2, 0.25) is 0 Å². The number of hydrogen-bond acceptors (Lipinski definition) is 4. The second kappa shape index (κ2) is 5.93. The van der Waals surface area contributed by atoms with E-state index in [1.54, 1.807) is 11.6 Å². The summed E-state index contributed by atoms with van der Waals surface area (Å²) in [6.07, 6.45) is 1.91. The molecule has 0 spiro atoms. The number of aryl methyl sites for hydroxylation is 1. The summed E-state index contributed by atoms with van der Waals surface area (Å²) in [5.41, 5.74) is 4.00. The predicted octanol–water partition coefficient (Wildman–Crippen LogP) is 2.73. The van der Waals surface area contributed by atoms with Gasteiger partial charge in [-0.05, 0) is 13.0 Å². The second-order valence-electron chi connectivity index (χ2n) is 4.81.